The van der Waals surface area contributed by atoms with E-state index in [0.717, 1.165) is 11.6 Å². The Labute approximate surface area is 120 Å². The van der Waals surface area contributed by atoms with E-state index in [-0.39, 0.29) is 0 Å². The lowest BCUT2D eigenvalue weighted by atomic mass is 10.1. The maximum absolute atomic E-state index is 10.8. The average Bonchev–Trinajstić information content (AvgIpc) is 3.06. The van der Waals surface area contributed by atoms with Crippen molar-refractivity contribution >= 4 is 22.4 Å². The van der Waals surface area contributed by atoms with Gasteiger partial charge in [-0.1, -0.05) is 30.3 Å². The van der Waals surface area contributed by atoms with Crippen LogP contribution in [0, 0.1) is 0 Å². The van der Waals surface area contributed by atoms with Crippen molar-refractivity contribution in [3.63, 3.8) is 0 Å². The summed E-state index contributed by atoms with van der Waals surface area (Å²) in [6.07, 6.45) is 1.07. The standard InChI is InChI=1S/C14H15N3O2S/c15-12(13(18)19)11-7-20-14(17-11)16-10-6-9(10)8-4-2-1-3-5-8/h1-5,7,9-10,12H,6,15H2,(H,16,17)(H,18,19). The molecule has 0 saturated heterocycles. The van der Waals surface area contributed by atoms with Crippen molar-refractivity contribution in [2.45, 2.75) is 24.4 Å². The third-order valence-electron chi connectivity index (χ3n) is 3.43. The lowest BCUT2D eigenvalue weighted by Gasteiger charge is -2.03. The SMILES string of the molecule is NC(C(=O)O)c1csc(NC2CC2c2ccccc2)n1. The van der Waals surface area contributed by atoms with E-state index >= 15 is 0 Å². The van der Waals surface area contributed by atoms with Crippen molar-refractivity contribution in [3.05, 3.63) is 47.0 Å². The zero-order chi connectivity index (χ0) is 14.1. The van der Waals surface area contributed by atoms with Crippen molar-refractivity contribution in [1.29, 1.82) is 0 Å². The molecule has 5 nitrogen and oxygen atoms in total. The summed E-state index contributed by atoms with van der Waals surface area (Å²) in [6, 6.07) is 9.66. The van der Waals surface area contributed by atoms with Gasteiger partial charge in [0.1, 0.15) is 6.04 Å². The monoisotopic (exact) mass is 289 g/mol. The van der Waals surface area contributed by atoms with Gasteiger partial charge in [-0.2, -0.15) is 0 Å². The Kier molecular flexibility index (Phi) is 3.42. The number of carboxylic acid groups (broad SMARTS) is 1. The van der Waals surface area contributed by atoms with Gasteiger partial charge in [0.25, 0.3) is 0 Å². The molecule has 20 heavy (non-hydrogen) atoms. The Balaban J connectivity index is 1.62. The molecule has 3 unspecified atom stereocenters. The van der Waals surface area contributed by atoms with E-state index in [0.29, 0.717) is 17.7 Å². The third-order valence-corrected chi connectivity index (χ3v) is 4.23. The Morgan fingerprint density at radius 1 is 1.45 bits per heavy atom. The largest absolute Gasteiger partial charge is 0.480 e. The maximum Gasteiger partial charge on any atom is 0.326 e. The van der Waals surface area contributed by atoms with Crippen LogP contribution in [0.25, 0.3) is 0 Å². The molecule has 3 rings (SSSR count). The van der Waals surface area contributed by atoms with Gasteiger partial charge in [-0.3, -0.25) is 4.79 Å². The van der Waals surface area contributed by atoms with Crippen molar-refractivity contribution in [2.75, 3.05) is 5.32 Å². The lowest BCUT2D eigenvalue weighted by molar-refractivity contribution is -0.138. The number of anilines is 1. The first-order valence-corrected chi connectivity index (χ1v) is 7.28. The maximum atomic E-state index is 10.8. The van der Waals surface area contributed by atoms with Gasteiger partial charge < -0.3 is 16.2 Å². The smallest absolute Gasteiger partial charge is 0.326 e. The number of aliphatic carboxylic acids is 1. The van der Waals surface area contributed by atoms with Crippen LogP contribution in [0.1, 0.15) is 29.6 Å². The van der Waals surface area contributed by atoms with Crippen molar-refractivity contribution in [3.8, 4) is 0 Å². The van der Waals surface area contributed by atoms with Crippen molar-refractivity contribution in [2.24, 2.45) is 5.73 Å². The second-order valence-electron chi connectivity index (χ2n) is 4.90. The Morgan fingerprint density at radius 2 is 2.20 bits per heavy atom. The molecule has 1 aromatic carbocycles. The van der Waals surface area contributed by atoms with Crippen LogP contribution in [0.3, 0.4) is 0 Å². The molecule has 1 fully saturated rings. The molecule has 104 valence electrons. The molecule has 0 aliphatic heterocycles. The average molecular weight is 289 g/mol. The minimum Gasteiger partial charge on any atom is -0.480 e. The molecule has 4 N–H and O–H groups in total. The second kappa shape index (κ2) is 5.22. The van der Waals surface area contributed by atoms with Crippen LogP contribution in [0.2, 0.25) is 0 Å². The van der Waals surface area contributed by atoms with Crippen LogP contribution >= 0.6 is 11.3 Å². The molecule has 1 aliphatic rings. The molecule has 2 aromatic rings. The van der Waals surface area contributed by atoms with Crippen LogP contribution in [0.4, 0.5) is 5.13 Å². The first-order chi connectivity index (χ1) is 9.65. The summed E-state index contributed by atoms with van der Waals surface area (Å²) in [4.78, 5) is 15.0. The topological polar surface area (TPSA) is 88.2 Å². The summed E-state index contributed by atoms with van der Waals surface area (Å²) < 4.78 is 0. The fraction of sp³-hybridized carbons (Fsp3) is 0.286. The molecule has 1 saturated carbocycles. The lowest BCUT2D eigenvalue weighted by Crippen LogP contribution is -2.21. The van der Waals surface area contributed by atoms with E-state index < -0.39 is 12.0 Å². The summed E-state index contributed by atoms with van der Waals surface area (Å²) in [5.41, 5.74) is 7.26. The highest BCUT2D eigenvalue weighted by Crippen LogP contribution is 2.43. The molecule has 0 spiro atoms. The number of nitrogens with one attached hydrogen (secondary N) is 1. The minimum atomic E-state index is -1.06. The van der Waals surface area contributed by atoms with Crippen LogP contribution in [-0.4, -0.2) is 22.1 Å². The summed E-state index contributed by atoms with van der Waals surface area (Å²) in [5.74, 6) is -0.549. The van der Waals surface area contributed by atoms with Gasteiger partial charge in [0.05, 0.1) is 5.69 Å². The number of aromatic nitrogens is 1. The number of carbonyl (C=O) groups is 1. The van der Waals surface area contributed by atoms with Crippen molar-refractivity contribution < 1.29 is 9.90 Å². The Morgan fingerprint density at radius 3 is 2.90 bits per heavy atom. The third kappa shape index (κ3) is 2.66. The first-order valence-electron chi connectivity index (χ1n) is 6.40. The van der Waals surface area contributed by atoms with Gasteiger partial charge in [0.2, 0.25) is 0 Å². The fourth-order valence-electron chi connectivity index (χ4n) is 2.20. The predicted octanol–water partition coefficient (Wildman–Crippen LogP) is 2.20. The number of carboxylic acids is 1. The van der Waals surface area contributed by atoms with Gasteiger partial charge in [0.15, 0.2) is 5.13 Å². The normalized spacial score (nSPS) is 22.2. The van der Waals surface area contributed by atoms with E-state index in [2.05, 4.69) is 22.4 Å². The molecule has 1 aromatic heterocycles. The highest BCUT2D eigenvalue weighted by Gasteiger charge is 2.38. The quantitative estimate of drug-likeness (QED) is 0.785. The van der Waals surface area contributed by atoms with Gasteiger partial charge in [0, 0.05) is 17.3 Å². The summed E-state index contributed by atoms with van der Waals surface area (Å²) in [7, 11) is 0. The van der Waals surface area contributed by atoms with E-state index in [1.54, 1.807) is 5.38 Å². The van der Waals surface area contributed by atoms with E-state index in [9.17, 15) is 4.79 Å². The molecular formula is C14H15N3O2S. The van der Waals surface area contributed by atoms with Crippen LogP contribution in [-0.2, 0) is 4.79 Å². The van der Waals surface area contributed by atoms with Crippen LogP contribution in [0.5, 0.6) is 0 Å². The second-order valence-corrected chi connectivity index (χ2v) is 5.76. The van der Waals surface area contributed by atoms with Gasteiger partial charge in [-0.25, -0.2) is 4.98 Å². The van der Waals surface area contributed by atoms with Gasteiger partial charge >= 0.3 is 5.97 Å². The van der Waals surface area contributed by atoms with E-state index in [1.807, 2.05) is 18.2 Å². The van der Waals surface area contributed by atoms with Crippen molar-refractivity contribution in [1.82, 2.24) is 4.98 Å². The van der Waals surface area contributed by atoms with E-state index in [4.69, 9.17) is 10.8 Å². The summed E-state index contributed by atoms with van der Waals surface area (Å²) in [6.45, 7) is 0. The van der Waals surface area contributed by atoms with Crippen LogP contribution in [0.15, 0.2) is 35.7 Å². The Bertz CT molecular complexity index is 614. The van der Waals surface area contributed by atoms with Gasteiger partial charge in [-0.15, -0.1) is 11.3 Å². The number of nitrogens with two attached hydrogens (primary N) is 1. The number of benzene rings is 1. The predicted molar refractivity (Wildman–Crippen MR) is 77.9 cm³/mol. The highest BCUT2D eigenvalue weighted by atomic mass is 32.1. The molecule has 0 radical (unpaired) electrons. The molecule has 6 heteroatoms. The number of nitrogens with zero attached hydrogens (tertiary/aromatic N) is 1. The summed E-state index contributed by atoms with van der Waals surface area (Å²) >= 11 is 1.40. The Hall–Kier alpha value is -1.92. The van der Waals surface area contributed by atoms with Gasteiger partial charge in [-0.05, 0) is 12.0 Å². The van der Waals surface area contributed by atoms with Crippen LogP contribution < -0.4 is 11.1 Å². The molecular weight excluding hydrogens is 274 g/mol. The molecule has 1 heterocycles. The molecule has 0 amide bonds. The number of rotatable bonds is 5. The number of thiazole rings is 1. The zero-order valence-corrected chi connectivity index (χ0v) is 11.5. The summed E-state index contributed by atoms with van der Waals surface area (Å²) in [5, 5.41) is 14.6. The molecule has 1 aliphatic carbocycles. The van der Waals surface area contributed by atoms with E-state index in [1.165, 1.54) is 16.9 Å². The highest BCUT2D eigenvalue weighted by molar-refractivity contribution is 7.13. The number of hydrogen-bond donors (Lipinski definition) is 3. The minimum absolute atomic E-state index is 0.373. The zero-order valence-electron chi connectivity index (χ0n) is 10.7. The molecule has 3 atom stereocenters. The first kappa shape index (κ1) is 13.1. The fourth-order valence-corrected chi connectivity index (χ4v) is 3.01. The number of hydrogen-bond acceptors (Lipinski definition) is 5. The molecule has 0 bridgehead atoms.